The van der Waals surface area contributed by atoms with Crippen LogP contribution in [0.1, 0.15) is 17.8 Å². The molecule has 0 amide bonds. The van der Waals surface area contributed by atoms with Crippen molar-refractivity contribution in [1.82, 2.24) is 9.13 Å². The Labute approximate surface area is 238 Å². The zero-order chi connectivity index (χ0) is 36.4. The lowest BCUT2D eigenvalue weighted by molar-refractivity contribution is 1.15. The molecular weight excluding hydrogens is 460 g/mol. The summed E-state index contributed by atoms with van der Waals surface area (Å²) in [7, 11) is 0. The van der Waals surface area contributed by atoms with Gasteiger partial charge in [-0.05, 0) is 53.5 Å². The van der Waals surface area contributed by atoms with Crippen LogP contribution in [0.5, 0.6) is 0 Å². The zero-order valence-corrected chi connectivity index (χ0v) is 19.7. The number of nitrogens with zero attached hydrogens (tertiary/aromatic N) is 2. The summed E-state index contributed by atoms with van der Waals surface area (Å²) in [4.78, 5) is 0. The van der Waals surface area contributed by atoms with Crippen LogP contribution >= 0.6 is 0 Å². The average Bonchev–Trinajstić information content (AvgIpc) is 3.67. The van der Waals surface area contributed by atoms with E-state index in [1.165, 1.54) is 4.57 Å². The van der Waals surface area contributed by atoms with E-state index in [0.717, 1.165) is 16.3 Å². The van der Waals surface area contributed by atoms with Crippen molar-refractivity contribution in [3.63, 3.8) is 0 Å². The van der Waals surface area contributed by atoms with E-state index in [0.29, 0.717) is 22.5 Å². The Kier molecular flexibility index (Phi) is 2.59. The third-order valence-electron chi connectivity index (χ3n) is 6.86. The lowest BCUT2D eigenvalue weighted by atomic mass is 10.1. The van der Waals surface area contributed by atoms with Crippen LogP contribution in [-0.2, 0) is 0 Å². The van der Waals surface area contributed by atoms with Gasteiger partial charge in [-0.25, -0.2) is 0 Å². The molecule has 0 atom stereocenters. The Morgan fingerprint density at radius 2 is 0.974 bits per heavy atom. The highest BCUT2D eigenvalue weighted by Crippen LogP contribution is 2.37. The summed E-state index contributed by atoms with van der Waals surface area (Å²) in [5, 5.41) is 1.73. The first kappa shape index (κ1) is 12.0. The number of hydrogen-bond donors (Lipinski definition) is 0. The predicted octanol–water partition coefficient (Wildman–Crippen LogP) is 9.55. The number of para-hydroxylation sites is 3. The maximum atomic E-state index is 8.89. The Morgan fingerprint density at radius 3 is 1.71 bits per heavy atom. The van der Waals surface area contributed by atoms with E-state index in [9.17, 15) is 0 Å². The molecule has 0 aliphatic heterocycles. The highest BCUT2D eigenvalue weighted by molar-refractivity contribution is 6.12. The second-order valence-electron chi connectivity index (χ2n) is 8.88. The minimum absolute atomic E-state index is 0.00752. The van der Waals surface area contributed by atoms with E-state index < -0.39 is 54.4 Å². The topological polar surface area (TPSA) is 9.86 Å². The van der Waals surface area contributed by atoms with Gasteiger partial charge in [-0.3, -0.25) is 0 Å². The van der Waals surface area contributed by atoms with Crippen LogP contribution in [0.25, 0.3) is 66.1 Å². The molecule has 0 bridgehead atoms. The molecule has 0 aliphatic carbocycles. The van der Waals surface area contributed by atoms with E-state index in [4.69, 9.17) is 17.8 Å². The van der Waals surface area contributed by atoms with Crippen molar-refractivity contribution in [3.05, 3.63) is 145 Å². The van der Waals surface area contributed by atoms with Gasteiger partial charge in [0, 0.05) is 32.9 Å². The van der Waals surface area contributed by atoms with Gasteiger partial charge in [0.05, 0.1) is 39.9 Å². The van der Waals surface area contributed by atoms with Crippen molar-refractivity contribution in [2.24, 2.45) is 0 Å². The molecule has 2 aromatic heterocycles. The van der Waals surface area contributed by atoms with Gasteiger partial charge >= 0.3 is 0 Å². The van der Waals surface area contributed by atoms with Crippen molar-refractivity contribution >= 4 is 43.6 Å². The fraction of sp³-hybridized carbons (Fsp3) is 0. The minimum Gasteiger partial charge on any atom is -0.309 e. The molecule has 2 nitrogen and oxygen atoms in total. The molecule has 0 spiro atoms. The quantitative estimate of drug-likeness (QED) is 0.230. The van der Waals surface area contributed by atoms with Gasteiger partial charge in [0.25, 0.3) is 0 Å². The normalized spacial score (nSPS) is 16.5. The van der Waals surface area contributed by atoms with Gasteiger partial charge in [-0.15, -0.1) is 0 Å². The molecule has 8 rings (SSSR count). The third kappa shape index (κ3) is 3.07. The fourth-order valence-electron chi connectivity index (χ4n) is 5.23. The summed E-state index contributed by atoms with van der Waals surface area (Å²) in [5.41, 5.74) is 3.15. The molecule has 0 saturated carbocycles. The first-order valence-electron chi connectivity index (χ1n) is 18.5. The van der Waals surface area contributed by atoms with Gasteiger partial charge in [0.2, 0.25) is 0 Å². The smallest absolute Gasteiger partial charge is 0.0645 e. The van der Waals surface area contributed by atoms with Crippen LogP contribution in [0, 0.1) is 0 Å². The SMILES string of the molecule is [2H]c1c([2H])c([2H])c(-c2ccc(-n3c4ccccc4c4ccc(-n5c6c([2H])c([2H])c([2H])c([2H])c6c6c([2H])c([2H])c([2H])c([2H])c65)cc43)cc2)c([2H])c1[2H]. The predicted molar refractivity (Wildman–Crippen MR) is 161 cm³/mol. The van der Waals surface area contributed by atoms with Crippen molar-refractivity contribution in [2.45, 2.75) is 0 Å². The van der Waals surface area contributed by atoms with Gasteiger partial charge < -0.3 is 9.13 Å². The molecule has 38 heavy (non-hydrogen) atoms. The van der Waals surface area contributed by atoms with Crippen LogP contribution in [0.3, 0.4) is 0 Å². The van der Waals surface area contributed by atoms with E-state index in [-0.39, 0.29) is 51.5 Å². The van der Waals surface area contributed by atoms with E-state index in [2.05, 4.69) is 0 Å². The van der Waals surface area contributed by atoms with E-state index in [1.54, 1.807) is 36.4 Å². The number of fused-ring (bicyclic) bond motifs is 6. The standard InChI is InChI=1S/C36H24N2/c1-2-10-25(11-3-1)26-18-20-27(21-19-26)37-33-15-7-6-14-31(33)32-23-22-28(24-36(32)37)38-34-16-8-4-12-29(34)30-13-5-9-17-35(30)38/h1-24H/i1D,2D,3D,4D,5D,8D,9D,10D,11D,12D,13D,16D,17D. The highest BCUT2D eigenvalue weighted by atomic mass is 15.0. The van der Waals surface area contributed by atoms with Crippen LogP contribution < -0.4 is 0 Å². The molecule has 0 unspecified atom stereocenters. The van der Waals surface area contributed by atoms with Crippen LogP contribution in [0.2, 0.25) is 0 Å². The molecule has 2 heterocycles. The zero-order valence-electron chi connectivity index (χ0n) is 32.7. The molecule has 0 aliphatic rings. The van der Waals surface area contributed by atoms with Crippen molar-refractivity contribution in [3.8, 4) is 22.5 Å². The molecule has 0 saturated heterocycles. The largest absolute Gasteiger partial charge is 0.309 e. The minimum atomic E-state index is -0.512. The lowest BCUT2D eigenvalue weighted by Gasteiger charge is -2.12. The summed E-state index contributed by atoms with van der Waals surface area (Å²) < 4.78 is 113. The molecule has 6 aromatic carbocycles. The molecule has 8 aromatic rings. The molecule has 178 valence electrons. The first-order chi connectivity index (χ1) is 24.3. The molecule has 2 heteroatoms. The first-order valence-corrected chi connectivity index (χ1v) is 12.0. The number of benzene rings is 6. The fourth-order valence-corrected chi connectivity index (χ4v) is 5.23. The highest BCUT2D eigenvalue weighted by Gasteiger charge is 2.16. The van der Waals surface area contributed by atoms with Crippen molar-refractivity contribution in [2.75, 3.05) is 0 Å². The number of hydrogen-bond acceptors (Lipinski definition) is 0. The second kappa shape index (κ2) is 8.22. The maximum absolute atomic E-state index is 8.89. The van der Waals surface area contributed by atoms with Gasteiger partial charge in [-0.2, -0.15) is 0 Å². The summed E-state index contributed by atoms with van der Waals surface area (Å²) in [6, 6.07) is 14.5. The molecule has 0 N–H and O–H groups in total. The van der Waals surface area contributed by atoms with E-state index in [1.807, 2.05) is 34.9 Å². The van der Waals surface area contributed by atoms with E-state index >= 15 is 0 Å². The average molecular weight is 498 g/mol. The second-order valence-corrected chi connectivity index (χ2v) is 8.88. The lowest BCUT2D eigenvalue weighted by Crippen LogP contribution is -1.97. The van der Waals surface area contributed by atoms with Gasteiger partial charge in [-0.1, -0.05) is 103 Å². The van der Waals surface area contributed by atoms with Gasteiger partial charge in [0.1, 0.15) is 0 Å². The van der Waals surface area contributed by atoms with Crippen LogP contribution in [-0.4, -0.2) is 9.13 Å². The molecule has 0 radical (unpaired) electrons. The van der Waals surface area contributed by atoms with Crippen molar-refractivity contribution in [1.29, 1.82) is 0 Å². The third-order valence-corrected chi connectivity index (χ3v) is 6.86. The monoisotopic (exact) mass is 497 g/mol. The van der Waals surface area contributed by atoms with Crippen LogP contribution in [0.15, 0.2) is 145 Å². The number of aromatic nitrogens is 2. The Hall–Kier alpha value is -5.08. The molecular formula is C36H24N2. The number of rotatable bonds is 3. The summed E-state index contributed by atoms with van der Waals surface area (Å²) >= 11 is 0. The molecule has 0 fully saturated rings. The maximum Gasteiger partial charge on any atom is 0.0645 e. The Balaban J connectivity index is 1.44. The van der Waals surface area contributed by atoms with Gasteiger partial charge in [0.15, 0.2) is 0 Å². The Bertz CT molecular complexity index is 2730. The summed E-state index contributed by atoms with van der Waals surface area (Å²) in [5.74, 6) is 0. The van der Waals surface area contributed by atoms with Crippen LogP contribution in [0.4, 0.5) is 0 Å². The van der Waals surface area contributed by atoms with Crippen molar-refractivity contribution < 1.29 is 17.8 Å². The summed E-state index contributed by atoms with van der Waals surface area (Å²) in [6.07, 6.45) is 0. The Morgan fingerprint density at radius 1 is 0.395 bits per heavy atom. The summed E-state index contributed by atoms with van der Waals surface area (Å²) in [6.45, 7) is 0.